The lowest BCUT2D eigenvalue weighted by Crippen LogP contribution is -2.17. The zero-order valence-corrected chi connectivity index (χ0v) is 18.5. The van der Waals surface area contributed by atoms with Crippen molar-refractivity contribution in [2.24, 2.45) is 0 Å². The fourth-order valence-corrected chi connectivity index (χ4v) is 5.01. The Hall–Kier alpha value is -3.95. The van der Waals surface area contributed by atoms with Gasteiger partial charge < -0.3 is 10.4 Å². The lowest BCUT2D eigenvalue weighted by Gasteiger charge is -2.06. The van der Waals surface area contributed by atoms with Gasteiger partial charge in [0.05, 0.1) is 15.3 Å². The first-order valence-corrected chi connectivity index (χ1v) is 11.4. The number of fused-ring (bicyclic) bond motifs is 1. The number of rotatable bonds is 4. The van der Waals surface area contributed by atoms with Crippen LogP contribution in [0.5, 0.6) is 5.75 Å². The largest absolute Gasteiger partial charge is 0.508 e. The van der Waals surface area contributed by atoms with Crippen LogP contribution in [0.1, 0.15) is 15.2 Å². The molecule has 0 saturated carbocycles. The molecular weight excluding hydrogens is 458 g/mol. The Morgan fingerprint density at radius 2 is 1.85 bits per heavy atom. The summed E-state index contributed by atoms with van der Waals surface area (Å²) in [5, 5.41) is 14.9. The first-order chi connectivity index (χ1) is 16.0. The summed E-state index contributed by atoms with van der Waals surface area (Å²) in [6.07, 6.45) is 3.39. The van der Waals surface area contributed by atoms with Gasteiger partial charge in [-0.1, -0.05) is 6.07 Å². The van der Waals surface area contributed by atoms with E-state index in [1.165, 1.54) is 23.5 Å². The molecular formula is C24H15N3O4S2. The molecule has 33 heavy (non-hydrogen) atoms. The SMILES string of the molecule is O=C1NC(=O)C(=Cc2ccc3nccc(-c4ccc(C(=O)Nc5ccc(O)cc5)s4)c3c2)S1. The maximum absolute atomic E-state index is 12.7. The third kappa shape index (κ3) is 4.36. The first kappa shape index (κ1) is 20.9. The molecule has 5 rings (SSSR count). The number of aromatic hydroxyl groups is 1. The van der Waals surface area contributed by atoms with Crippen molar-refractivity contribution < 1.29 is 19.5 Å². The number of hydrogen-bond acceptors (Lipinski definition) is 7. The molecule has 1 fully saturated rings. The maximum atomic E-state index is 12.7. The summed E-state index contributed by atoms with van der Waals surface area (Å²) < 4.78 is 0. The van der Waals surface area contributed by atoms with Gasteiger partial charge in [-0.3, -0.25) is 24.7 Å². The number of amides is 3. The van der Waals surface area contributed by atoms with E-state index in [2.05, 4.69) is 15.6 Å². The number of anilines is 1. The molecule has 1 aliphatic rings. The number of benzene rings is 2. The van der Waals surface area contributed by atoms with Gasteiger partial charge in [0.25, 0.3) is 17.1 Å². The minimum atomic E-state index is -0.404. The van der Waals surface area contributed by atoms with Crippen LogP contribution in [0.15, 0.2) is 71.8 Å². The summed E-state index contributed by atoms with van der Waals surface area (Å²) in [5.41, 5.74) is 3.05. The number of aromatic nitrogens is 1. The number of carbonyl (C=O) groups excluding carboxylic acids is 3. The third-order valence-corrected chi connectivity index (χ3v) is 6.85. The van der Waals surface area contributed by atoms with Crippen LogP contribution in [-0.4, -0.2) is 27.1 Å². The zero-order chi connectivity index (χ0) is 22.9. The minimum absolute atomic E-state index is 0.129. The Morgan fingerprint density at radius 3 is 2.61 bits per heavy atom. The van der Waals surface area contributed by atoms with Crippen LogP contribution in [0, 0.1) is 0 Å². The average Bonchev–Trinajstić information content (AvgIpc) is 3.41. The topological polar surface area (TPSA) is 108 Å². The molecule has 2 aromatic heterocycles. The van der Waals surface area contributed by atoms with Crippen LogP contribution in [-0.2, 0) is 4.79 Å². The van der Waals surface area contributed by atoms with Gasteiger partial charge in [-0.2, -0.15) is 0 Å². The number of thiophene rings is 1. The molecule has 1 saturated heterocycles. The van der Waals surface area contributed by atoms with Crippen molar-refractivity contribution in [3.05, 3.63) is 82.2 Å². The van der Waals surface area contributed by atoms with Crippen LogP contribution < -0.4 is 10.6 Å². The molecule has 0 radical (unpaired) electrons. The molecule has 1 aliphatic heterocycles. The quantitative estimate of drug-likeness (QED) is 0.276. The molecule has 3 amide bonds. The standard InChI is InChI=1S/C24H15N3O4S2/c28-15-4-2-14(3-5-15)26-22(29)20-8-7-19(32-20)16-9-10-25-18-6-1-13(11-17(16)18)12-21-23(30)27-24(31)33-21/h1-12,28H,(H,26,29)(H,27,30,31). The van der Waals surface area contributed by atoms with E-state index in [0.717, 1.165) is 38.7 Å². The van der Waals surface area contributed by atoms with E-state index in [1.54, 1.807) is 30.5 Å². The molecule has 0 spiro atoms. The van der Waals surface area contributed by atoms with Gasteiger partial charge in [-0.25, -0.2) is 0 Å². The molecule has 7 nitrogen and oxygen atoms in total. The highest BCUT2D eigenvalue weighted by molar-refractivity contribution is 8.18. The second-order valence-corrected chi connectivity index (χ2v) is 9.25. The average molecular weight is 474 g/mol. The number of pyridine rings is 1. The van der Waals surface area contributed by atoms with Crippen LogP contribution in [0.2, 0.25) is 0 Å². The molecule has 0 atom stereocenters. The van der Waals surface area contributed by atoms with Gasteiger partial charge in [-0.05, 0) is 78.0 Å². The molecule has 0 bridgehead atoms. The van der Waals surface area contributed by atoms with Crippen molar-refractivity contribution in [3.63, 3.8) is 0 Å². The van der Waals surface area contributed by atoms with Gasteiger partial charge >= 0.3 is 0 Å². The van der Waals surface area contributed by atoms with Crippen LogP contribution in [0.25, 0.3) is 27.4 Å². The van der Waals surface area contributed by atoms with E-state index in [1.807, 2.05) is 30.3 Å². The minimum Gasteiger partial charge on any atom is -0.508 e. The van der Waals surface area contributed by atoms with Crippen LogP contribution >= 0.6 is 23.1 Å². The predicted octanol–water partition coefficient (Wildman–Crippen LogP) is 5.25. The smallest absolute Gasteiger partial charge is 0.290 e. The van der Waals surface area contributed by atoms with Gasteiger partial charge in [0.1, 0.15) is 5.75 Å². The molecule has 3 N–H and O–H groups in total. The Balaban J connectivity index is 1.46. The molecule has 9 heteroatoms. The second-order valence-electron chi connectivity index (χ2n) is 7.15. The molecule has 0 unspecified atom stereocenters. The van der Waals surface area contributed by atoms with Gasteiger partial charge in [0, 0.05) is 27.7 Å². The maximum Gasteiger partial charge on any atom is 0.290 e. The van der Waals surface area contributed by atoms with Crippen molar-refractivity contribution in [2.75, 3.05) is 5.32 Å². The summed E-state index contributed by atoms with van der Waals surface area (Å²) in [5.74, 6) is -0.515. The monoisotopic (exact) mass is 473 g/mol. The number of carbonyl (C=O) groups is 3. The number of phenols is 1. The summed E-state index contributed by atoms with van der Waals surface area (Å²) in [6, 6.07) is 17.4. The zero-order valence-electron chi connectivity index (χ0n) is 16.9. The van der Waals surface area contributed by atoms with E-state index in [-0.39, 0.29) is 16.9 Å². The fourth-order valence-electron chi connectivity index (χ4n) is 3.38. The summed E-state index contributed by atoms with van der Waals surface area (Å²) in [6.45, 7) is 0. The number of imide groups is 1. The highest BCUT2D eigenvalue weighted by Crippen LogP contribution is 2.34. The molecule has 162 valence electrons. The van der Waals surface area contributed by atoms with Gasteiger partial charge in [-0.15, -0.1) is 11.3 Å². The molecule has 2 aromatic carbocycles. The Morgan fingerprint density at radius 1 is 1.03 bits per heavy atom. The van der Waals surface area contributed by atoms with Gasteiger partial charge in [0.2, 0.25) is 0 Å². The van der Waals surface area contributed by atoms with E-state index in [9.17, 15) is 19.5 Å². The van der Waals surface area contributed by atoms with Crippen molar-refractivity contribution in [1.82, 2.24) is 10.3 Å². The second kappa shape index (κ2) is 8.53. The van der Waals surface area contributed by atoms with Crippen LogP contribution in [0.4, 0.5) is 10.5 Å². The summed E-state index contributed by atoms with van der Waals surface area (Å²) in [4.78, 5) is 42.2. The van der Waals surface area contributed by atoms with Crippen molar-refractivity contribution in [2.45, 2.75) is 0 Å². The van der Waals surface area contributed by atoms with E-state index >= 15 is 0 Å². The number of nitrogens with zero attached hydrogens (tertiary/aromatic N) is 1. The van der Waals surface area contributed by atoms with E-state index in [4.69, 9.17) is 0 Å². The van der Waals surface area contributed by atoms with Crippen LogP contribution in [0.3, 0.4) is 0 Å². The summed E-state index contributed by atoms with van der Waals surface area (Å²) >= 11 is 2.23. The highest BCUT2D eigenvalue weighted by Gasteiger charge is 2.25. The highest BCUT2D eigenvalue weighted by atomic mass is 32.2. The normalized spacial score (nSPS) is 14.6. The Labute approximate surface area is 196 Å². The Kier molecular flexibility index (Phi) is 5.41. The lowest BCUT2D eigenvalue weighted by atomic mass is 10.0. The van der Waals surface area contributed by atoms with Gasteiger partial charge in [0.15, 0.2) is 0 Å². The van der Waals surface area contributed by atoms with Crippen molar-refractivity contribution >= 4 is 62.8 Å². The molecule has 3 heterocycles. The fraction of sp³-hybridized carbons (Fsp3) is 0. The predicted molar refractivity (Wildman–Crippen MR) is 130 cm³/mol. The van der Waals surface area contributed by atoms with Crippen molar-refractivity contribution in [3.8, 4) is 16.2 Å². The van der Waals surface area contributed by atoms with E-state index in [0.29, 0.717) is 15.5 Å². The first-order valence-electron chi connectivity index (χ1n) is 9.80. The van der Waals surface area contributed by atoms with Crippen molar-refractivity contribution in [1.29, 1.82) is 0 Å². The molecule has 0 aliphatic carbocycles. The number of nitrogens with one attached hydrogen (secondary N) is 2. The Bertz CT molecular complexity index is 1460. The number of thioether (sulfide) groups is 1. The number of hydrogen-bond donors (Lipinski definition) is 3. The third-order valence-electron chi connectivity index (χ3n) is 4.93. The molecule has 4 aromatic rings. The lowest BCUT2D eigenvalue weighted by molar-refractivity contribution is -0.115. The number of phenolic OH excluding ortho intramolecular Hbond substituents is 1. The van der Waals surface area contributed by atoms with E-state index < -0.39 is 5.91 Å². The summed E-state index contributed by atoms with van der Waals surface area (Å²) in [7, 11) is 0.